The van der Waals surface area contributed by atoms with Gasteiger partial charge in [-0.1, -0.05) is 70.2 Å². The van der Waals surface area contributed by atoms with Gasteiger partial charge in [0.15, 0.2) is 0 Å². The van der Waals surface area contributed by atoms with Gasteiger partial charge in [0.05, 0.1) is 0 Å². The first-order valence-corrected chi connectivity index (χ1v) is 8.78. The Kier molecular flexibility index (Phi) is 8.84. The van der Waals surface area contributed by atoms with Crippen LogP contribution in [0.3, 0.4) is 0 Å². The zero-order valence-electron chi connectivity index (χ0n) is 17.0. The van der Waals surface area contributed by atoms with Crippen LogP contribution in [0.5, 0.6) is 0 Å². The van der Waals surface area contributed by atoms with Crippen LogP contribution in [0.4, 0.5) is 0 Å². The molecule has 132 valence electrons. The first-order chi connectivity index (χ1) is 10.3. The Labute approximate surface area is 145 Å². The van der Waals surface area contributed by atoms with E-state index in [1.807, 2.05) is 0 Å². The standard InChI is InChI=1S/C22H39N/c1-11-12-20(13-14-21(4,5)6)16-18(2)15-19(3)17-23(10)22(7,8)9/h11-14,16,19H,2,15,17H2,1,3-10H3/b12-11-,14-13+,20-16+/t19-/m0/s1. The first kappa shape index (κ1) is 21.9. The molecule has 0 fully saturated rings. The van der Waals surface area contributed by atoms with Crippen LogP contribution in [-0.2, 0) is 0 Å². The summed E-state index contributed by atoms with van der Waals surface area (Å²) in [7, 11) is 2.20. The minimum Gasteiger partial charge on any atom is -0.301 e. The summed E-state index contributed by atoms with van der Waals surface area (Å²) in [6.07, 6.45) is 11.9. The molecule has 0 aromatic carbocycles. The fraction of sp³-hybridized carbons (Fsp3) is 0.636. The molecular formula is C22H39N. The van der Waals surface area contributed by atoms with Crippen LogP contribution in [0.15, 0.2) is 48.1 Å². The molecule has 0 aliphatic heterocycles. The van der Waals surface area contributed by atoms with Gasteiger partial charge >= 0.3 is 0 Å². The van der Waals surface area contributed by atoms with Crippen molar-refractivity contribution < 1.29 is 0 Å². The van der Waals surface area contributed by atoms with E-state index < -0.39 is 0 Å². The van der Waals surface area contributed by atoms with E-state index in [1.54, 1.807) is 0 Å². The lowest BCUT2D eigenvalue weighted by molar-refractivity contribution is 0.153. The molecule has 0 radical (unpaired) electrons. The Morgan fingerprint density at radius 1 is 1.09 bits per heavy atom. The molecule has 0 saturated heterocycles. The SMILES string of the molecule is C=C(/C=C(\C=C/C)/C=C/C(C)(C)C)C[C@H](C)CN(C)C(C)(C)C. The van der Waals surface area contributed by atoms with Gasteiger partial charge in [0.1, 0.15) is 0 Å². The van der Waals surface area contributed by atoms with Crippen LogP contribution in [0.25, 0.3) is 0 Å². The maximum atomic E-state index is 4.27. The highest BCUT2D eigenvalue weighted by Crippen LogP contribution is 2.20. The smallest absolute Gasteiger partial charge is 0.0122 e. The van der Waals surface area contributed by atoms with Crippen LogP contribution in [0, 0.1) is 11.3 Å². The lowest BCUT2D eigenvalue weighted by Crippen LogP contribution is -2.40. The first-order valence-electron chi connectivity index (χ1n) is 8.78. The Bertz CT molecular complexity index is 449. The third kappa shape index (κ3) is 11.1. The molecule has 23 heavy (non-hydrogen) atoms. The average molecular weight is 318 g/mol. The molecule has 0 bridgehead atoms. The van der Waals surface area contributed by atoms with E-state index in [2.05, 4.69) is 104 Å². The highest BCUT2D eigenvalue weighted by molar-refractivity contribution is 5.37. The van der Waals surface area contributed by atoms with Crippen LogP contribution in [-0.4, -0.2) is 24.0 Å². The van der Waals surface area contributed by atoms with E-state index in [9.17, 15) is 0 Å². The van der Waals surface area contributed by atoms with Gasteiger partial charge in [-0.25, -0.2) is 0 Å². The second kappa shape index (κ2) is 9.27. The van der Waals surface area contributed by atoms with Gasteiger partial charge in [0, 0.05) is 12.1 Å². The monoisotopic (exact) mass is 317 g/mol. The molecule has 0 aliphatic rings. The molecule has 1 nitrogen and oxygen atoms in total. The maximum absolute atomic E-state index is 4.27. The van der Waals surface area contributed by atoms with Gasteiger partial charge in [-0.15, -0.1) is 0 Å². The zero-order chi connectivity index (χ0) is 18.3. The van der Waals surface area contributed by atoms with Crippen LogP contribution >= 0.6 is 0 Å². The molecule has 0 N–H and O–H groups in total. The third-order valence-corrected chi connectivity index (χ3v) is 3.85. The molecule has 0 spiro atoms. The second-order valence-electron chi connectivity index (χ2n) is 8.86. The van der Waals surface area contributed by atoms with Crippen LogP contribution < -0.4 is 0 Å². The fourth-order valence-corrected chi connectivity index (χ4v) is 2.24. The normalized spacial score (nSPS) is 15.8. The minimum atomic E-state index is 0.199. The second-order valence-corrected chi connectivity index (χ2v) is 8.86. The summed E-state index contributed by atoms with van der Waals surface area (Å²) in [5.74, 6) is 0.599. The van der Waals surface area contributed by atoms with Gasteiger partial charge in [-0.2, -0.15) is 0 Å². The van der Waals surface area contributed by atoms with Crippen molar-refractivity contribution in [2.45, 2.75) is 67.3 Å². The van der Waals surface area contributed by atoms with Crippen molar-refractivity contribution in [3.05, 3.63) is 48.1 Å². The summed E-state index contributed by atoms with van der Waals surface area (Å²) in [4.78, 5) is 2.42. The Morgan fingerprint density at radius 3 is 2.09 bits per heavy atom. The Morgan fingerprint density at radius 2 is 1.65 bits per heavy atom. The van der Waals surface area contributed by atoms with E-state index in [0.717, 1.165) is 13.0 Å². The van der Waals surface area contributed by atoms with Gasteiger partial charge in [-0.05, 0) is 58.1 Å². The van der Waals surface area contributed by atoms with E-state index in [-0.39, 0.29) is 11.0 Å². The van der Waals surface area contributed by atoms with E-state index in [0.29, 0.717) is 5.92 Å². The van der Waals surface area contributed by atoms with Gasteiger partial charge in [0.2, 0.25) is 0 Å². The van der Waals surface area contributed by atoms with Crippen molar-refractivity contribution in [2.24, 2.45) is 11.3 Å². The highest BCUT2D eigenvalue weighted by atomic mass is 15.2. The van der Waals surface area contributed by atoms with Gasteiger partial charge in [0.25, 0.3) is 0 Å². The molecule has 0 aromatic rings. The number of rotatable bonds is 7. The number of allylic oxidation sites excluding steroid dienone is 7. The molecule has 0 unspecified atom stereocenters. The summed E-state index contributed by atoms with van der Waals surface area (Å²) in [6.45, 7) is 23.2. The summed E-state index contributed by atoms with van der Waals surface area (Å²) in [6, 6.07) is 0. The molecule has 0 amide bonds. The van der Waals surface area contributed by atoms with E-state index >= 15 is 0 Å². The number of hydrogen-bond acceptors (Lipinski definition) is 1. The van der Waals surface area contributed by atoms with Crippen LogP contribution in [0.2, 0.25) is 0 Å². The summed E-state index contributed by atoms with van der Waals surface area (Å²) >= 11 is 0. The molecular weight excluding hydrogens is 278 g/mol. The fourth-order valence-electron chi connectivity index (χ4n) is 2.24. The van der Waals surface area contributed by atoms with Crippen molar-refractivity contribution in [3.63, 3.8) is 0 Å². The molecule has 1 heteroatoms. The van der Waals surface area contributed by atoms with Crippen molar-refractivity contribution >= 4 is 0 Å². The molecule has 0 rings (SSSR count). The van der Waals surface area contributed by atoms with Crippen molar-refractivity contribution in [3.8, 4) is 0 Å². The van der Waals surface area contributed by atoms with Crippen molar-refractivity contribution in [2.75, 3.05) is 13.6 Å². The van der Waals surface area contributed by atoms with Crippen molar-refractivity contribution in [1.29, 1.82) is 0 Å². The Hall–Kier alpha value is -1.08. The van der Waals surface area contributed by atoms with E-state index in [4.69, 9.17) is 0 Å². The molecule has 1 atom stereocenters. The lowest BCUT2D eigenvalue weighted by atomic mass is 9.94. The quantitative estimate of drug-likeness (QED) is 0.491. The highest BCUT2D eigenvalue weighted by Gasteiger charge is 2.18. The summed E-state index contributed by atoms with van der Waals surface area (Å²) in [5, 5.41) is 0. The molecule has 0 aliphatic carbocycles. The Balaban J connectivity index is 4.83. The summed E-state index contributed by atoms with van der Waals surface area (Å²) in [5.41, 5.74) is 2.84. The van der Waals surface area contributed by atoms with E-state index in [1.165, 1.54) is 11.1 Å². The summed E-state index contributed by atoms with van der Waals surface area (Å²) < 4.78 is 0. The lowest BCUT2D eigenvalue weighted by Gasteiger charge is -2.34. The predicted octanol–water partition coefficient (Wildman–Crippen LogP) is 6.40. The zero-order valence-corrected chi connectivity index (χ0v) is 17.0. The molecule has 0 heterocycles. The average Bonchev–Trinajstić information content (AvgIpc) is 2.33. The largest absolute Gasteiger partial charge is 0.301 e. The number of hydrogen-bond donors (Lipinski definition) is 0. The third-order valence-electron chi connectivity index (χ3n) is 3.85. The van der Waals surface area contributed by atoms with Crippen molar-refractivity contribution in [1.82, 2.24) is 4.90 Å². The molecule has 0 aromatic heterocycles. The van der Waals surface area contributed by atoms with Gasteiger partial charge < -0.3 is 4.90 Å². The van der Waals surface area contributed by atoms with Gasteiger partial charge in [-0.3, -0.25) is 0 Å². The molecule has 0 saturated carbocycles. The van der Waals surface area contributed by atoms with Crippen LogP contribution in [0.1, 0.15) is 61.8 Å². The topological polar surface area (TPSA) is 3.24 Å². The maximum Gasteiger partial charge on any atom is 0.0122 e. The minimum absolute atomic E-state index is 0.199. The predicted molar refractivity (Wildman–Crippen MR) is 107 cm³/mol. The number of nitrogens with zero attached hydrogens (tertiary/aromatic N) is 1.